The van der Waals surface area contributed by atoms with Gasteiger partial charge in [0.2, 0.25) is 0 Å². The Morgan fingerprint density at radius 1 is 1.33 bits per heavy atom. The molecule has 0 heterocycles. The Morgan fingerprint density at radius 2 is 1.87 bits per heavy atom. The molecule has 0 aromatic heterocycles. The summed E-state index contributed by atoms with van der Waals surface area (Å²) in [7, 11) is 0. The first kappa shape index (κ1) is 12.3. The van der Waals surface area contributed by atoms with E-state index in [1.54, 1.807) is 13.8 Å². The SMILES string of the molecule is CC(C)(C#N)CCNC1(C(F)(F)F)CC1. The van der Waals surface area contributed by atoms with Gasteiger partial charge in [0, 0.05) is 0 Å². The van der Waals surface area contributed by atoms with Crippen molar-refractivity contribution >= 4 is 0 Å². The van der Waals surface area contributed by atoms with Crippen LogP contribution < -0.4 is 5.32 Å². The Kier molecular flexibility index (Phi) is 3.01. The van der Waals surface area contributed by atoms with Gasteiger partial charge >= 0.3 is 6.18 Å². The summed E-state index contributed by atoms with van der Waals surface area (Å²) >= 11 is 0. The van der Waals surface area contributed by atoms with Crippen molar-refractivity contribution in [1.82, 2.24) is 5.32 Å². The lowest BCUT2D eigenvalue weighted by Crippen LogP contribution is -2.45. The predicted octanol–water partition coefficient (Wildman–Crippen LogP) is 2.61. The van der Waals surface area contributed by atoms with Gasteiger partial charge in [-0.1, -0.05) is 0 Å². The Hall–Kier alpha value is -0.760. The first-order valence-electron chi connectivity index (χ1n) is 4.95. The van der Waals surface area contributed by atoms with E-state index in [1.165, 1.54) is 0 Å². The fourth-order valence-electron chi connectivity index (χ4n) is 1.36. The molecule has 1 saturated carbocycles. The lowest BCUT2D eigenvalue weighted by Gasteiger charge is -2.23. The van der Waals surface area contributed by atoms with Gasteiger partial charge in [-0.25, -0.2) is 0 Å². The van der Waals surface area contributed by atoms with E-state index in [1.807, 2.05) is 0 Å². The van der Waals surface area contributed by atoms with Gasteiger partial charge in [0.15, 0.2) is 0 Å². The van der Waals surface area contributed by atoms with E-state index in [9.17, 15) is 13.2 Å². The zero-order valence-corrected chi connectivity index (χ0v) is 8.91. The van der Waals surface area contributed by atoms with Crippen LogP contribution in [0.1, 0.15) is 33.1 Å². The van der Waals surface area contributed by atoms with Gasteiger partial charge in [0.05, 0.1) is 11.5 Å². The first-order valence-corrected chi connectivity index (χ1v) is 4.95. The van der Waals surface area contributed by atoms with Gasteiger partial charge in [0.1, 0.15) is 5.54 Å². The normalized spacial score (nSPS) is 19.7. The molecule has 1 aliphatic carbocycles. The standard InChI is InChI=1S/C10H15F3N2/c1-8(2,7-14)5-6-15-9(3-4-9)10(11,12)13/h15H,3-6H2,1-2H3. The van der Waals surface area contributed by atoms with E-state index < -0.39 is 17.1 Å². The Bertz CT molecular complexity index is 271. The van der Waals surface area contributed by atoms with E-state index in [2.05, 4.69) is 11.4 Å². The first-order chi connectivity index (χ1) is 6.72. The Balaban J connectivity index is 2.37. The van der Waals surface area contributed by atoms with Gasteiger partial charge in [-0.2, -0.15) is 18.4 Å². The van der Waals surface area contributed by atoms with Crippen LogP contribution in [0.5, 0.6) is 0 Å². The number of halogens is 3. The third kappa shape index (κ3) is 2.85. The van der Waals surface area contributed by atoms with Crippen LogP contribution in [0.2, 0.25) is 0 Å². The molecule has 0 aromatic rings. The van der Waals surface area contributed by atoms with Crippen molar-refractivity contribution in [2.24, 2.45) is 5.41 Å². The number of alkyl halides is 3. The van der Waals surface area contributed by atoms with E-state index in [0.717, 1.165) is 0 Å². The van der Waals surface area contributed by atoms with Crippen LogP contribution in [-0.2, 0) is 0 Å². The van der Waals surface area contributed by atoms with Gasteiger partial charge in [-0.3, -0.25) is 0 Å². The third-order valence-electron chi connectivity index (χ3n) is 2.81. The molecule has 0 unspecified atom stereocenters. The Labute approximate surface area is 87.5 Å². The van der Waals surface area contributed by atoms with E-state index >= 15 is 0 Å². The maximum absolute atomic E-state index is 12.5. The summed E-state index contributed by atoms with van der Waals surface area (Å²) in [4.78, 5) is 0. The minimum absolute atomic E-state index is 0.156. The van der Waals surface area contributed by atoms with Crippen molar-refractivity contribution in [3.05, 3.63) is 0 Å². The molecule has 0 aliphatic heterocycles. The molecule has 1 aliphatic rings. The molecule has 0 saturated heterocycles. The maximum atomic E-state index is 12.5. The van der Waals surface area contributed by atoms with Crippen molar-refractivity contribution in [1.29, 1.82) is 5.26 Å². The smallest absolute Gasteiger partial charge is 0.304 e. The summed E-state index contributed by atoms with van der Waals surface area (Å²) in [6.07, 6.45) is -3.42. The molecule has 15 heavy (non-hydrogen) atoms. The fourth-order valence-corrected chi connectivity index (χ4v) is 1.36. The van der Waals surface area contributed by atoms with Crippen LogP contribution >= 0.6 is 0 Å². The molecule has 0 bridgehead atoms. The van der Waals surface area contributed by atoms with Gasteiger partial charge in [-0.15, -0.1) is 0 Å². The van der Waals surface area contributed by atoms with E-state index in [0.29, 0.717) is 6.42 Å². The van der Waals surface area contributed by atoms with Crippen LogP contribution in [0.25, 0.3) is 0 Å². The minimum Gasteiger partial charge on any atom is -0.304 e. The molecule has 86 valence electrons. The number of hydrogen-bond donors (Lipinski definition) is 1. The number of hydrogen-bond acceptors (Lipinski definition) is 2. The quantitative estimate of drug-likeness (QED) is 0.790. The highest BCUT2D eigenvalue weighted by Gasteiger charge is 2.62. The van der Waals surface area contributed by atoms with Crippen molar-refractivity contribution in [3.8, 4) is 6.07 Å². The largest absolute Gasteiger partial charge is 0.406 e. The summed E-state index contributed by atoms with van der Waals surface area (Å²) in [5.74, 6) is 0. The zero-order chi connectivity index (χ0) is 11.7. The van der Waals surface area contributed by atoms with Gasteiger partial charge in [-0.05, 0) is 39.7 Å². The Morgan fingerprint density at radius 3 is 2.20 bits per heavy atom. The molecule has 0 spiro atoms. The molecule has 5 heteroatoms. The molecule has 1 rings (SSSR count). The molecular weight excluding hydrogens is 205 g/mol. The summed E-state index contributed by atoms with van der Waals surface area (Å²) in [5.41, 5.74) is -2.22. The lowest BCUT2D eigenvalue weighted by molar-refractivity contribution is -0.165. The molecule has 0 aromatic carbocycles. The van der Waals surface area contributed by atoms with Crippen molar-refractivity contribution in [2.45, 2.75) is 44.8 Å². The average molecular weight is 220 g/mol. The summed E-state index contributed by atoms with van der Waals surface area (Å²) in [6, 6.07) is 2.07. The molecule has 2 nitrogen and oxygen atoms in total. The van der Waals surface area contributed by atoms with Crippen LogP contribution in [0.4, 0.5) is 13.2 Å². The molecule has 0 atom stereocenters. The van der Waals surface area contributed by atoms with Crippen molar-refractivity contribution in [2.75, 3.05) is 6.54 Å². The number of nitriles is 1. The van der Waals surface area contributed by atoms with Crippen LogP contribution in [0.15, 0.2) is 0 Å². The van der Waals surface area contributed by atoms with Crippen molar-refractivity contribution < 1.29 is 13.2 Å². The van der Waals surface area contributed by atoms with Crippen LogP contribution in [0, 0.1) is 16.7 Å². The molecule has 0 radical (unpaired) electrons. The third-order valence-corrected chi connectivity index (χ3v) is 2.81. The summed E-state index contributed by atoms with van der Waals surface area (Å²) < 4.78 is 37.4. The fraction of sp³-hybridized carbons (Fsp3) is 0.900. The summed E-state index contributed by atoms with van der Waals surface area (Å²) in [6.45, 7) is 3.68. The number of nitrogens with zero attached hydrogens (tertiary/aromatic N) is 1. The number of rotatable bonds is 4. The molecular formula is C10H15F3N2. The zero-order valence-electron chi connectivity index (χ0n) is 8.91. The highest BCUT2D eigenvalue weighted by atomic mass is 19.4. The highest BCUT2D eigenvalue weighted by molar-refractivity contribution is 5.08. The van der Waals surface area contributed by atoms with E-state index in [4.69, 9.17) is 5.26 Å². The topological polar surface area (TPSA) is 35.8 Å². The molecule has 1 fully saturated rings. The average Bonchev–Trinajstić information content (AvgIpc) is 2.84. The predicted molar refractivity (Wildman–Crippen MR) is 50.0 cm³/mol. The van der Waals surface area contributed by atoms with E-state index in [-0.39, 0.29) is 19.4 Å². The summed E-state index contributed by atoms with van der Waals surface area (Å²) in [5, 5.41) is 11.2. The second kappa shape index (κ2) is 3.67. The second-order valence-corrected chi connectivity index (χ2v) is 4.75. The van der Waals surface area contributed by atoms with Crippen molar-refractivity contribution in [3.63, 3.8) is 0 Å². The number of nitrogens with one attached hydrogen (secondary N) is 1. The minimum atomic E-state index is -4.16. The highest BCUT2D eigenvalue weighted by Crippen LogP contribution is 2.48. The lowest BCUT2D eigenvalue weighted by atomic mass is 9.91. The van der Waals surface area contributed by atoms with Crippen LogP contribution in [-0.4, -0.2) is 18.3 Å². The second-order valence-electron chi connectivity index (χ2n) is 4.75. The van der Waals surface area contributed by atoms with Gasteiger partial charge < -0.3 is 5.32 Å². The molecule has 0 amide bonds. The van der Waals surface area contributed by atoms with Crippen LogP contribution in [0.3, 0.4) is 0 Å². The molecule has 1 N–H and O–H groups in total. The monoisotopic (exact) mass is 220 g/mol. The maximum Gasteiger partial charge on any atom is 0.406 e. The van der Waals surface area contributed by atoms with Gasteiger partial charge in [0.25, 0.3) is 0 Å².